The Morgan fingerprint density at radius 2 is 1.96 bits per heavy atom. The number of hydrogen-bond donors (Lipinski definition) is 1. The van der Waals surface area contributed by atoms with Crippen LogP contribution in [0.1, 0.15) is 11.8 Å². The van der Waals surface area contributed by atoms with Gasteiger partial charge in [-0.25, -0.2) is 0 Å². The number of anilines is 1. The Bertz CT molecular complexity index is 718. The van der Waals surface area contributed by atoms with E-state index in [-0.39, 0.29) is 11.7 Å². The van der Waals surface area contributed by atoms with Crippen LogP contribution < -0.4 is 10.1 Å². The summed E-state index contributed by atoms with van der Waals surface area (Å²) in [6, 6.07) is 10.7. The van der Waals surface area contributed by atoms with E-state index in [1.165, 1.54) is 23.1 Å². The number of methoxy groups -OCH3 is 1. The van der Waals surface area contributed by atoms with Crippen molar-refractivity contribution in [2.24, 2.45) is 0 Å². The highest BCUT2D eigenvalue weighted by molar-refractivity contribution is 7.99. The third-order valence-electron chi connectivity index (χ3n) is 3.13. The van der Waals surface area contributed by atoms with Crippen LogP contribution in [-0.2, 0) is 20.1 Å². The number of rotatable bonds is 8. The Kier molecular flexibility index (Phi) is 7.61. The molecule has 0 radical (unpaired) electrons. The maximum absolute atomic E-state index is 12.1. The number of amides is 1. The molecule has 2 aromatic rings. The highest BCUT2D eigenvalue weighted by Gasteiger charge is 2.18. The predicted molar refractivity (Wildman–Crippen MR) is 103 cm³/mol. The van der Waals surface area contributed by atoms with E-state index in [2.05, 4.69) is 5.32 Å². The number of carbonyl (C=O) groups is 2. The lowest BCUT2D eigenvalue weighted by atomic mass is 10.3. The first-order valence-corrected chi connectivity index (χ1v) is 9.79. The Labute approximate surface area is 159 Å². The fraction of sp³-hybridized carbons (Fsp3) is 0.294. The molecule has 25 heavy (non-hydrogen) atoms. The van der Waals surface area contributed by atoms with Crippen LogP contribution in [-0.4, -0.2) is 30.8 Å². The van der Waals surface area contributed by atoms with E-state index in [9.17, 15) is 9.59 Å². The monoisotopic (exact) mass is 399 g/mol. The summed E-state index contributed by atoms with van der Waals surface area (Å²) in [4.78, 5) is 25.0. The van der Waals surface area contributed by atoms with Gasteiger partial charge >= 0.3 is 5.97 Å². The smallest absolute Gasteiger partial charge is 0.316 e. The Balaban J connectivity index is 1.72. The predicted octanol–water partition coefficient (Wildman–Crippen LogP) is 4.21. The van der Waals surface area contributed by atoms with E-state index < -0.39 is 12.1 Å². The highest BCUT2D eigenvalue weighted by atomic mass is 35.5. The van der Waals surface area contributed by atoms with E-state index in [0.717, 1.165) is 9.21 Å². The molecule has 1 amide bonds. The molecule has 0 saturated heterocycles. The van der Waals surface area contributed by atoms with Crippen LogP contribution >= 0.6 is 34.7 Å². The van der Waals surface area contributed by atoms with Crippen LogP contribution in [0.3, 0.4) is 0 Å². The molecule has 1 atom stereocenters. The number of thioether (sulfide) groups is 1. The van der Waals surface area contributed by atoms with Crippen LogP contribution in [0, 0.1) is 0 Å². The topological polar surface area (TPSA) is 64.6 Å². The maximum atomic E-state index is 12.1. The summed E-state index contributed by atoms with van der Waals surface area (Å²) in [7, 11) is 1.57. The molecule has 8 heteroatoms. The lowest BCUT2D eigenvalue weighted by Gasteiger charge is -2.13. The minimum absolute atomic E-state index is 0.176. The van der Waals surface area contributed by atoms with Crippen molar-refractivity contribution in [2.45, 2.75) is 18.8 Å². The summed E-state index contributed by atoms with van der Waals surface area (Å²) in [6.07, 6.45) is -0.869. The molecule has 0 spiro atoms. The van der Waals surface area contributed by atoms with Crippen molar-refractivity contribution in [3.05, 3.63) is 45.6 Å². The maximum Gasteiger partial charge on any atom is 0.316 e. The Hall–Kier alpha value is -1.70. The number of benzene rings is 1. The molecule has 134 valence electrons. The van der Waals surface area contributed by atoms with Gasteiger partial charge in [0.05, 0.1) is 17.2 Å². The third kappa shape index (κ3) is 6.61. The molecule has 0 fully saturated rings. The lowest BCUT2D eigenvalue weighted by molar-refractivity contribution is -0.150. The molecular formula is C17H18ClNO4S2. The molecule has 1 heterocycles. The molecule has 0 aliphatic rings. The minimum atomic E-state index is -0.869. The van der Waals surface area contributed by atoms with Crippen LogP contribution in [0.4, 0.5) is 5.69 Å². The van der Waals surface area contributed by atoms with Gasteiger partial charge in [0, 0.05) is 16.3 Å². The second-order valence-electron chi connectivity index (χ2n) is 5.05. The molecule has 0 unspecified atom stereocenters. The fourth-order valence-corrected chi connectivity index (χ4v) is 3.87. The summed E-state index contributed by atoms with van der Waals surface area (Å²) in [5.41, 5.74) is 0.609. The van der Waals surface area contributed by atoms with Gasteiger partial charge in [0.25, 0.3) is 5.91 Å². The van der Waals surface area contributed by atoms with Gasteiger partial charge in [0.15, 0.2) is 6.10 Å². The number of thiophene rings is 1. The molecule has 0 bridgehead atoms. The molecule has 0 aliphatic carbocycles. The minimum Gasteiger partial charge on any atom is -0.497 e. The van der Waals surface area contributed by atoms with Crippen molar-refractivity contribution in [3.8, 4) is 5.75 Å². The fourth-order valence-electron chi connectivity index (χ4n) is 1.87. The lowest BCUT2D eigenvalue weighted by Crippen LogP contribution is -2.30. The van der Waals surface area contributed by atoms with E-state index in [4.69, 9.17) is 21.1 Å². The molecule has 2 rings (SSSR count). The first-order chi connectivity index (χ1) is 12.0. The van der Waals surface area contributed by atoms with E-state index in [1.54, 1.807) is 38.3 Å². The van der Waals surface area contributed by atoms with E-state index in [1.807, 2.05) is 12.1 Å². The van der Waals surface area contributed by atoms with Crippen LogP contribution in [0.15, 0.2) is 36.4 Å². The Morgan fingerprint density at radius 1 is 1.24 bits per heavy atom. The van der Waals surface area contributed by atoms with Crippen molar-refractivity contribution in [1.82, 2.24) is 0 Å². The first-order valence-electron chi connectivity index (χ1n) is 7.44. The molecule has 0 aliphatic heterocycles. The van der Waals surface area contributed by atoms with Crippen LogP contribution in [0.25, 0.3) is 0 Å². The zero-order valence-electron chi connectivity index (χ0n) is 13.8. The normalized spacial score (nSPS) is 11.6. The summed E-state index contributed by atoms with van der Waals surface area (Å²) < 4.78 is 10.9. The third-order valence-corrected chi connectivity index (χ3v) is 5.50. The first kappa shape index (κ1) is 19.6. The SMILES string of the molecule is COc1ccc(NC(=O)[C@@H](C)OC(=O)CSCc2ccc(Cl)s2)cc1. The van der Waals surface area contributed by atoms with Crippen molar-refractivity contribution in [1.29, 1.82) is 0 Å². The Morgan fingerprint density at radius 3 is 2.56 bits per heavy atom. The quantitative estimate of drug-likeness (QED) is 0.673. The average molecular weight is 400 g/mol. The second-order valence-corrected chi connectivity index (χ2v) is 7.83. The largest absolute Gasteiger partial charge is 0.497 e. The van der Waals surface area contributed by atoms with Gasteiger partial charge in [0.2, 0.25) is 0 Å². The van der Waals surface area contributed by atoms with Gasteiger partial charge in [-0.3, -0.25) is 9.59 Å². The van der Waals surface area contributed by atoms with Crippen LogP contribution in [0.5, 0.6) is 5.75 Å². The molecule has 1 aromatic carbocycles. The summed E-state index contributed by atoms with van der Waals surface area (Å²) in [5.74, 6) is 0.745. The van der Waals surface area contributed by atoms with Gasteiger partial charge in [-0.15, -0.1) is 23.1 Å². The van der Waals surface area contributed by atoms with Crippen molar-refractivity contribution in [3.63, 3.8) is 0 Å². The molecule has 0 saturated carbocycles. The van der Waals surface area contributed by atoms with Gasteiger partial charge in [-0.1, -0.05) is 11.6 Å². The summed E-state index contributed by atoms with van der Waals surface area (Å²) >= 11 is 8.76. The number of ether oxygens (including phenoxy) is 2. The summed E-state index contributed by atoms with van der Waals surface area (Å²) in [5, 5.41) is 2.69. The zero-order valence-corrected chi connectivity index (χ0v) is 16.2. The molecular weight excluding hydrogens is 382 g/mol. The molecule has 5 nitrogen and oxygen atoms in total. The molecule has 1 aromatic heterocycles. The zero-order chi connectivity index (χ0) is 18.2. The number of hydrogen-bond acceptors (Lipinski definition) is 6. The average Bonchev–Trinajstić information content (AvgIpc) is 3.00. The summed E-state index contributed by atoms with van der Waals surface area (Å²) in [6.45, 7) is 1.54. The van der Waals surface area contributed by atoms with Crippen LogP contribution in [0.2, 0.25) is 4.34 Å². The van der Waals surface area contributed by atoms with Crippen molar-refractivity contribution >= 4 is 52.3 Å². The second kappa shape index (κ2) is 9.70. The van der Waals surface area contributed by atoms with Gasteiger partial charge < -0.3 is 14.8 Å². The number of carbonyl (C=O) groups excluding carboxylic acids is 2. The van der Waals surface area contributed by atoms with Gasteiger partial charge in [0.1, 0.15) is 5.75 Å². The van der Waals surface area contributed by atoms with Crippen molar-refractivity contribution in [2.75, 3.05) is 18.2 Å². The number of esters is 1. The standard InChI is InChI=1S/C17H18ClNO4S2/c1-11(17(21)19-12-3-5-13(22-2)6-4-12)23-16(20)10-24-9-14-7-8-15(18)25-14/h3-8,11H,9-10H2,1-2H3,(H,19,21)/t11-/m1/s1. The number of halogens is 1. The van der Waals surface area contributed by atoms with E-state index in [0.29, 0.717) is 17.2 Å². The van der Waals surface area contributed by atoms with E-state index >= 15 is 0 Å². The van der Waals surface area contributed by atoms with Crippen molar-refractivity contribution < 1.29 is 19.1 Å². The highest BCUT2D eigenvalue weighted by Crippen LogP contribution is 2.25. The van der Waals surface area contributed by atoms with Gasteiger partial charge in [-0.05, 0) is 43.3 Å². The van der Waals surface area contributed by atoms with Gasteiger partial charge in [-0.2, -0.15) is 0 Å². The number of nitrogens with one attached hydrogen (secondary N) is 1. The molecule has 1 N–H and O–H groups in total.